The van der Waals surface area contributed by atoms with Gasteiger partial charge in [-0.1, -0.05) is 30.3 Å². The van der Waals surface area contributed by atoms with Crippen LogP contribution in [0.2, 0.25) is 0 Å². The van der Waals surface area contributed by atoms with Crippen molar-refractivity contribution in [3.63, 3.8) is 0 Å². The average molecular weight is 443 g/mol. The van der Waals surface area contributed by atoms with Crippen LogP contribution in [0.4, 0.5) is 0 Å². The van der Waals surface area contributed by atoms with Crippen LogP contribution < -0.4 is 20.1 Å². The van der Waals surface area contributed by atoms with Gasteiger partial charge >= 0.3 is 0 Å². The van der Waals surface area contributed by atoms with Crippen molar-refractivity contribution in [1.29, 1.82) is 0 Å². The second-order valence-corrected chi connectivity index (χ2v) is 7.83. The Morgan fingerprint density at radius 2 is 1.81 bits per heavy atom. The highest BCUT2D eigenvalue weighted by atomic mass is 16.5. The molecular formula is C25H38N4O3. The van der Waals surface area contributed by atoms with Crippen LogP contribution in [-0.4, -0.2) is 66.0 Å². The van der Waals surface area contributed by atoms with Crippen molar-refractivity contribution < 1.29 is 14.2 Å². The molecule has 7 nitrogen and oxygen atoms in total. The summed E-state index contributed by atoms with van der Waals surface area (Å²) in [5, 5.41) is 6.85. The molecule has 1 atom stereocenters. The third kappa shape index (κ3) is 7.73. The summed E-state index contributed by atoms with van der Waals surface area (Å²) < 4.78 is 16.7. The van der Waals surface area contributed by atoms with E-state index in [4.69, 9.17) is 14.2 Å². The minimum absolute atomic E-state index is 0.128. The summed E-state index contributed by atoms with van der Waals surface area (Å²) in [6.45, 7) is 4.68. The number of methoxy groups -OCH3 is 2. The van der Waals surface area contributed by atoms with Crippen LogP contribution >= 0.6 is 0 Å². The monoisotopic (exact) mass is 442 g/mol. The number of nitrogens with zero attached hydrogens (tertiary/aromatic N) is 2. The molecule has 7 heteroatoms. The molecule has 0 aliphatic rings. The summed E-state index contributed by atoms with van der Waals surface area (Å²) in [6, 6.07) is 14.5. The Hall–Kier alpha value is -2.77. The molecule has 176 valence electrons. The number of para-hydroxylation sites is 1. The Balaban J connectivity index is 2.00. The highest BCUT2D eigenvalue weighted by molar-refractivity contribution is 5.79. The summed E-state index contributed by atoms with van der Waals surface area (Å²) >= 11 is 0. The highest BCUT2D eigenvalue weighted by Crippen LogP contribution is 2.27. The van der Waals surface area contributed by atoms with Gasteiger partial charge in [0.15, 0.2) is 5.96 Å². The van der Waals surface area contributed by atoms with Crippen LogP contribution in [0.5, 0.6) is 11.5 Å². The van der Waals surface area contributed by atoms with Gasteiger partial charge in [-0.3, -0.25) is 4.99 Å². The van der Waals surface area contributed by atoms with Crippen LogP contribution in [0.25, 0.3) is 0 Å². The lowest BCUT2D eigenvalue weighted by molar-refractivity contribution is 0.171. The number of rotatable bonds is 12. The molecular weight excluding hydrogens is 404 g/mol. The van der Waals surface area contributed by atoms with E-state index in [0.717, 1.165) is 35.0 Å². The van der Waals surface area contributed by atoms with Gasteiger partial charge in [0.2, 0.25) is 0 Å². The van der Waals surface area contributed by atoms with Crippen molar-refractivity contribution >= 4 is 5.96 Å². The van der Waals surface area contributed by atoms with Crippen molar-refractivity contribution in [2.24, 2.45) is 4.99 Å². The zero-order chi connectivity index (χ0) is 23.3. The molecule has 2 aromatic rings. The zero-order valence-corrected chi connectivity index (χ0v) is 20.3. The van der Waals surface area contributed by atoms with Gasteiger partial charge < -0.3 is 29.7 Å². The molecule has 2 rings (SSSR count). The van der Waals surface area contributed by atoms with E-state index in [2.05, 4.69) is 65.8 Å². The quantitative estimate of drug-likeness (QED) is 0.298. The molecule has 0 bridgehead atoms. The number of aliphatic imine (C=N–C) groups is 1. The van der Waals surface area contributed by atoms with Gasteiger partial charge in [0.25, 0.3) is 0 Å². The summed E-state index contributed by atoms with van der Waals surface area (Å²) in [5.74, 6) is 2.51. The van der Waals surface area contributed by atoms with Crippen LogP contribution in [-0.2, 0) is 11.3 Å². The first-order valence-corrected chi connectivity index (χ1v) is 10.9. The van der Waals surface area contributed by atoms with E-state index in [-0.39, 0.29) is 6.04 Å². The topological polar surface area (TPSA) is 67.4 Å². The summed E-state index contributed by atoms with van der Waals surface area (Å²) in [5.41, 5.74) is 3.39. The van der Waals surface area contributed by atoms with Crippen LogP contribution in [0.1, 0.15) is 29.2 Å². The second-order valence-electron chi connectivity index (χ2n) is 7.83. The number of benzene rings is 2. The third-order valence-electron chi connectivity index (χ3n) is 5.23. The van der Waals surface area contributed by atoms with Crippen molar-refractivity contribution in [3.8, 4) is 11.5 Å². The Morgan fingerprint density at radius 3 is 2.50 bits per heavy atom. The molecule has 0 saturated carbocycles. The Kier molecular flexibility index (Phi) is 10.8. The van der Waals surface area contributed by atoms with Crippen molar-refractivity contribution in [1.82, 2.24) is 15.5 Å². The normalized spacial score (nSPS) is 12.5. The van der Waals surface area contributed by atoms with Crippen LogP contribution in [0.15, 0.2) is 47.5 Å². The fraction of sp³-hybridized carbons (Fsp3) is 0.480. The maximum atomic E-state index is 6.00. The van der Waals surface area contributed by atoms with E-state index in [1.807, 2.05) is 18.2 Å². The molecule has 0 aliphatic heterocycles. The van der Waals surface area contributed by atoms with Gasteiger partial charge in [-0.15, -0.1) is 0 Å². The molecule has 0 aromatic heterocycles. The SMILES string of the molecule is CN=C(NCc1ccc(C)cc1OCCCOC)NCC(c1ccccc1OC)N(C)C. The van der Waals surface area contributed by atoms with E-state index in [1.54, 1.807) is 21.3 Å². The van der Waals surface area contributed by atoms with Gasteiger partial charge in [0.1, 0.15) is 11.5 Å². The molecule has 0 saturated heterocycles. The van der Waals surface area contributed by atoms with E-state index in [1.165, 1.54) is 5.56 Å². The van der Waals surface area contributed by atoms with E-state index >= 15 is 0 Å². The van der Waals surface area contributed by atoms with Gasteiger partial charge in [-0.05, 0) is 38.7 Å². The van der Waals surface area contributed by atoms with Gasteiger partial charge in [0.05, 0.1) is 19.8 Å². The van der Waals surface area contributed by atoms with Crippen molar-refractivity contribution in [2.75, 3.05) is 55.1 Å². The predicted octanol–water partition coefficient (Wildman–Crippen LogP) is 3.39. The summed E-state index contributed by atoms with van der Waals surface area (Å²) in [4.78, 5) is 6.56. The molecule has 0 amide bonds. The highest BCUT2D eigenvalue weighted by Gasteiger charge is 2.18. The first kappa shape index (κ1) is 25.5. The Bertz CT molecular complexity index is 855. The second kappa shape index (κ2) is 13.6. The maximum absolute atomic E-state index is 6.00. The smallest absolute Gasteiger partial charge is 0.191 e. The number of guanidine groups is 1. The van der Waals surface area contributed by atoms with Crippen molar-refractivity contribution in [2.45, 2.75) is 25.9 Å². The summed E-state index contributed by atoms with van der Waals surface area (Å²) in [6.07, 6.45) is 0.857. The van der Waals surface area contributed by atoms with E-state index in [0.29, 0.717) is 26.3 Å². The fourth-order valence-electron chi connectivity index (χ4n) is 3.43. The van der Waals surface area contributed by atoms with Gasteiger partial charge in [0, 0.05) is 51.4 Å². The lowest BCUT2D eigenvalue weighted by Gasteiger charge is -2.27. The largest absolute Gasteiger partial charge is 0.496 e. The third-order valence-corrected chi connectivity index (χ3v) is 5.23. The number of likely N-dealkylation sites (N-methyl/N-ethyl adjacent to an activating group) is 1. The standard InChI is InChI=1S/C25H38N4O3/c1-19-12-13-20(24(16-19)32-15-9-14-30-5)17-27-25(26-2)28-18-22(29(3)4)21-10-7-8-11-23(21)31-6/h7-8,10-13,16,22H,9,14-15,17-18H2,1-6H3,(H2,26,27,28). The number of aryl methyl sites for hydroxylation is 1. The average Bonchev–Trinajstić information content (AvgIpc) is 2.79. The number of hydrogen-bond donors (Lipinski definition) is 2. The molecule has 2 aromatic carbocycles. The molecule has 0 aliphatic carbocycles. The minimum atomic E-state index is 0.128. The number of nitrogens with one attached hydrogen (secondary N) is 2. The minimum Gasteiger partial charge on any atom is -0.496 e. The Morgan fingerprint density at radius 1 is 1.03 bits per heavy atom. The van der Waals surface area contributed by atoms with Crippen molar-refractivity contribution in [3.05, 3.63) is 59.2 Å². The van der Waals surface area contributed by atoms with Crippen LogP contribution in [0, 0.1) is 6.92 Å². The Labute approximate surface area is 192 Å². The van der Waals surface area contributed by atoms with Gasteiger partial charge in [-0.25, -0.2) is 0 Å². The molecule has 0 fully saturated rings. The molecule has 0 radical (unpaired) electrons. The lowest BCUT2D eigenvalue weighted by Crippen LogP contribution is -2.41. The molecule has 32 heavy (non-hydrogen) atoms. The first-order valence-electron chi connectivity index (χ1n) is 10.9. The lowest BCUT2D eigenvalue weighted by atomic mass is 10.0. The molecule has 1 unspecified atom stereocenters. The first-order chi connectivity index (χ1) is 15.5. The predicted molar refractivity (Wildman–Crippen MR) is 131 cm³/mol. The summed E-state index contributed by atoms with van der Waals surface area (Å²) in [7, 11) is 9.31. The number of hydrogen-bond acceptors (Lipinski definition) is 5. The fourth-order valence-corrected chi connectivity index (χ4v) is 3.43. The van der Waals surface area contributed by atoms with E-state index in [9.17, 15) is 0 Å². The molecule has 0 spiro atoms. The van der Waals surface area contributed by atoms with E-state index < -0.39 is 0 Å². The zero-order valence-electron chi connectivity index (χ0n) is 20.3. The molecule has 0 heterocycles. The van der Waals surface area contributed by atoms with Crippen LogP contribution in [0.3, 0.4) is 0 Å². The maximum Gasteiger partial charge on any atom is 0.191 e. The molecule has 2 N–H and O–H groups in total. The number of ether oxygens (including phenoxy) is 3. The van der Waals surface area contributed by atoms with Gasteiger partial charge in [-0.2, -0.15) is 0 Å².